The standard InChI is InChI=1S/C24H20B.C9H16N2/c1-5-13-21(14-6-1)25(22-15-7-2-8-16-22,23-17-9-3-10-18-23)24-19-11-4-12-20-24;1-2-5-9-10-6-4-8-11(9)7-3-1/h1-20H;1-8H2/q-1;/p+1. The van der Waals surface area contributed by atoms with Gasteiger partial charge in [-0.3, -0.25) is 4.90 Å². The maximum Gasteiger partial charge on any atom is 0.196 e. The molecule has 0 aliphatic carbocycles. The van der Waals surface area contributed by atoms with Gasteiger partial charge in [-0.1, -0.05) is 121 Å². The van der Waals surface area contributed by atoms with E-state index in [2.05, 4.69) is 126 Å². The second-order valence-electron chi connectivity index (χ2n) is 10.1. The van der Waals surface area contributed by atoms with E-state index in [1.165, 1.54) is 72.9 Å². The van der Waals surface area contributed by atoms with Crippen molar-refractivity contribution in [1.82, 2.24) is 0 Å². The van der Waals surface area contributed by atoms with Crippen LogP contribution in [0.25, 0.3) is 0 Å². The van der Waals surface area contributed by atoms with Crippen LogP contribution in [0.2, 0.25) is 0 Å². The summed E-state index contributed by atoms with van der Waals surface area (Å²) in [6.45, 7) is 3.79. The Balaban J connectivity index is 0.000000202. The molecule has 0 radical (unpaired) electrons. The van der Waals surface area contributed by atoms with Crippen LogP contribution < -0.4 is 26.8 Å². The van der Waals surface area contributed by atoms with E-state index in [-0.39, 0.29) is 0 Å². The quantitative estimate of drug-likeness (QED) is 0.439. The number of hydrogen-bond donors (Lipinski definition) is 1. The first kappa shape index (κ1) is 24.3. The van der Waals surface area contributed by atoms with E-state index in [1.54, 1.807) is 4.90 Å². The summed E-state index contributed by atoms with van der Waals surface area (Å²) in [5, 5.41) is 0. The third kappa shape index (κ3) is 5.22. The molecular weight excluding hydrogens is 435 g/mol. The maximum absolute atomic E-state index is 4.59. The van der Waals surface area contributed by atoms with Gasteiger partial charge in [0.25, 0.3) is 0 Å². The number of benzene rings is 4. The molecule has 36 heavy (non-hydrogen) atoms. The molecule has 4 aromatic carbocycles. The zero-order valence-electron chi connectivity index (χ0n) is 21.2. The van der Waals surface area contributed by atoms with E-state index in [0.717, 1.165) is 6.54 Å². The molecule has 1 atom stereocenters. The Morgan fingerprint density at radius 3 is 1.33 bits per heavy atom. The molecule has 6 rings (SSSR count). The van der Waals surface area contributed by atoms with E-state index in [0.29, 0.717) is 0 Å². The van der Waals surface area contributed by atoms with Crippen LogP contribution in [0.5, 0.6) is 0 Å². The van der Waals surface area contributed by atoms with Crippen LogP contribution in [0.15, 0.2) is 126 Å². The summed E-state index contributed by atoms with van der Waals surface area (Å²) < 4.78 is 0. The zero-order chi connectivity index (χ0) is 24.5. The van der Waals surface area contributed by atoms with E-state index in [1.807, 2.05) is 0 Å². The summed E-state index contributed by atoms with van der Waals surface area (Å²) in [4.78, 5) is 6.28. The fourth-order valence-electron chi connectivity index (χ4n) is 6.22. The summed E-state index contributed by atoms with van der Waals surface area (Å²) in [5.74, 6) is 1.48. The van der Waals surface area contributed by atoms with E-state index >= 15 is 0 Å². The normalized spacial score (nSPS) is 17.6. The third-order valence-electron chi connectivity index (χ3n) is 7.94. The average Bonchev–Trinajstić information content (AvgIpc) is 3.22. The molecule has 2 heterocycles. The molecular formula is C33H37BN2. The maximum atomic E-state index is 4.59. The Morgan fingerprint density at radius 2 is 0.889 bits per heavy atom. The van der Waals surface area contributed by atoms with Crippen molar-refractivity contribution in [2.24, 2.45) is 4.99 Å². The molecule has 1 fully saturated rings. The number of fused-ring (bicyclic) bond motifs is 1. The van der Waals surface area contributed by atoms with Gasteiger partial charge in [0, 0.05) is 19.4 Å². The highest BCUT2D eigenvalue weighted by molar-refractivity contribution is 7.19. The Morgan fingerprint density at radius 1 is 0.472 bits per heavy atom. The number of amidine groups is 1. The molecule has 0 aromatic heterocycles. The predicted molar refractivity (Wildman–Crippen MR) is 156 cm³/mol. The van der Waals surface area contributed by atoms with E-state index < -0.39 is 6.15 Å². The SMILES string of the molecule is C1CCC2=NCCC[NH+]2CC1.c1ccc([B-](c2ccccc2)(c2ccccc2)c2ccccc2)cc1. The zero-order valence-corrected chi connectivity index (χ0v) is 21.2. The van der Waals surface area contributed by atoms with Gasteiger partial charge in [-0.05, 0) is 19.3 Å². The van der Waals surface area contributed by atoms with Gasteiger partial charge in [-0.15, -0.1) is 0 Å². The summed E-state index contributed by atoms with van der Waals surface area (Å²) in [6.07, 6.45) is 5.57. The van der Waals surface area contributed by atoms with E-state index in [4.69, 9.17) is 0 Å². The molecule has 0 saturated carbocycles. The summed E-state index contributed by atoms with van der Waals surface area (Å²) in [6, 6.07) is 43.5. The second-order valence-corrected chi connectivity index (χ2v) is 10.1. The number of aliphatic imine (C=N–C) groups is 1. The molecule has 1 N–H and O–H groups in total. The van der Waals surface area contributed by atoms with Gasteiger partial charge in [0.05, 0.1) is 13.1 Å². The largest absolute Gasteiger partial charge is 0.290 e. The second kappa shape index (κ2) is 12.0. The van der Waals surface area contributed by atoms with Gasteiger partial charge in [-0.25, -0.2) is 4.99 Å². The molecule has 2 nitrogen and oxygen atoms in total. The average molecular weight is 472 g/mol. The minimum absolute atomic E-state index is 1.10. The predicted octanol–water partition coefficient (Wildman–Crippen LogP) is 3.31. The Kier molecular flexibility index (Phi) is 8.10. The number of rotatable bonds is 4. The first-order valence-electron chi connectivity index (χ1n) is 13.6. The van der Waals surface area contributed by atoms with Gasteiger partial charge in [0.1, 0.15) is 6.15 Å². The minimum Gasteiger partial charge on any atom is -0.290 e. The fraction of sp³-hybridized carbons (Fsp3) is 0.242. The summed E-state index contributed by atoms with van der Waals surface area (Å²) in [5.41, 5.74) is 5.36. The monoisotopic (exact) mass is 472 g/mol. The molecule has 3 heteroatoms. The first-order chi connectivity index (χ1) is 17.9. The highest BCUT2D eigenvalue weighted by Crippen LogP contribution is 2.09. The number of nitrogens with one attached hydrogen (secondary N) is 1. The lowest BCUT2D eigenvalue weighted by atomic mass is 9.13. The van der Waals surface area contributed by atoms with Crippen LogP contribution in [0, 0.1) is 0 Å². The van der Waals surface area contributed by atoms with Gasteiger partial charge in [0.2, 0.25) is 0 Å². The van der Waals surface area contributed by atoms with Gasteiger partial charge in [0.15, 0.2) is 5.84 Å². The number of quaternary nitrogens is 1. The molecule has 0 bridgehead atoms. The molecule has 0 amide bonds. The molecule has 0 spiro atoms. The molecule has 182 valence electrons. The molecule has 2 aliphatic rings. The van der Waals surface area contributed by atoms with Gasteiger partial charge in [-0.2, -0.15) is 21.9 Å². The number of hydrogen-bond acceptors (Lipinski definition) is 1. The summed E-state index contributed by atoms with van der Waals surface area (Å²) in [7, 11) is 0. The van der Waals surface area contributed by atoms with Gasteiger partial charge >= 0.3 is 0 Å². The first-order valence-corrected chi connectivity index (χ1v) is 13.6. The van der Waals surface area contributed by atoms with Crippen molar-refractivity contribution in [3.8, 4) is 0 Å². The minimum atomic E-state index is -1.22. The van der Waals surface area contributed by atoms with Crippen molar-refractivity contribution in [2.75, 3.05) is 19.6 Å². The van der Waals surface area contributed by atoms with Crippen molar-refractivity contribution in [1.29, 1.82) is 0 Å². The molecule has 1 unspecified atom stereocenters. The Labute approximate surface area is 216 Å². The van der Waals surface area contributed by atoms with Crippen LogP contribution in [-0.4, -0.2) is 31.6 Å². The fourth-order valence-corrected chi connectivity index (χ4v) is 6.22. The molecule has 2 aliphatic heterocycles. The van der Waals surface area contributed by atoms with Crippen molar-refractivity contribution in [2.45, 2.75) is 32.1 Å². The van der Waals surface area contributed by atoms with Crippen molar-refractivity contribution in [3.63, 3.8) is 0 Å². The lowest BCUT2D eigenvalue weighted by molar-refractivity contribution is -0.809. The Hall–Kier alpha value is -3.43. The van der Waals surface area contributed by atoms with Gasteiger partial charge < -0.3 is 0 Å². The molecule has 4 aromatic rings. The Bertz CT molecular complexity index is 1060. The van der Waals surface area contributed by atoms with Crippen LogP contribution in [0.1, 0.15) is 32.1 Å². The number of nitrogens with zero attached hydrogens (tertiary/aromatic N) is 1. The van der Waals surface area contributed by atoms with Crippen molar-refractivity contribution >= 4 is 33.8 Å². The summed E-state index contributed by atoms with van der Waals surface area (Å²) >= 11 is 0. The highest BCUT2D eigenvalue weighted by Gasteiger charge is 2.31. The van der Waals surface area contributed by atoms with Crippen LogP contribution in [-0.2, 0) is 0 Å². The van der Waals surface area contributed by atoms with Crippen LogP contribution >= 0.6 is 0 Å². The van der Waals surface area contributed by atoms with Crippen LogP contribution in [0.3, 0.4) is 0 Å². The smallest absolute Gasteiger partial charge is 0.196 e. The third-order valence-corrected chi connectivity index (χ3v) is 7.94. The lowest BCUT2D eigenvalue weighted by Gasteiger charge is -2.44. The highest BCUT2D eigenvalue weighted by atomic mass is 15.2. The van der Waals surface area contributed by atoms with E-state index in [9.17, 15) is 0 Å². The van der Waals surface area contributed by atoms with Crippen LogP contribution in [0.4, 0.5) is 0 Å². The topological polar surface area (TPSA) is 16.8 Å². The van der Waals surface area contributed by atoms with Crippen molar-refractivity contribution in [3.05, 3.63) is 121 Å². The van der Waals surface area contributed by atoms with Crippen molar-refractivity contribution < 1.29 is 4.90 Å². The molecule has 1 saturated heterocycles. The lowest BCUT2D eigenvalue weighted by Crippen LogP contribution is -3.15.